The summed E-state index contributed by atoms with van der Waals surface area (Å²) in [4.78, 5) is 25.8. The molecule has 0 aromatic rings. The Kier molecular flexibility index (Phi) is 2.66. The summed E-state index contributed by atoms with van der Waals surface area (Å²) < 4.78 is 5.69. The molecule has 2 aliphatic heterocycles. The molecule has 19 heavy (non-hydrogen) atoms. The van der Waals surface area contributed by atoms with Crippen molar-refractivity contribution in [2.24, 2.45) is 17.1 Å². The van der Waals surface area contributed by atoms with Crippen LogP contribution in [-0.2, 0) is 14.3 Å². The van der Waals surface area contributed by atoms with Crippen molar-refractivity contribution in [3.8, 4) is 0 Å². The zero-order valence-electron chi connectivity index (χ0n) is 11.4. The lowest BCUT2D eigenvalue weighted by Gasteiger charge is -2.61. The summed E-state index contributed by atoms with van der Waals surface area (Å²) in [5.74, 6) is -0.126. The van der Waals surface area contributed by atoms with Crippen LogP contribution in [0.4, 0.5) is 0 Å². The Morgan fingerprint density at radius 1 is 1.53 bits per heavy atom. The summed E-state index contributed by atoms with van der Waals surface area (Å²) in [7, 11) is 0. The standard InChI is InChI=1S/C13H21N3O3/c1-12(2)10-8(3-6-19-10)13(12,14)11(18)16-5-4-15-9(17)7-16/h8,10H,3-7,14H2,1-2H3,(H,15,17). The summed E-state index contributed by atoms with van der Waals surface area (Å²) in [5, 5.41) is 2.72. The van der Waals surface area contributed by atoms with E-state index in [4.69, 9.17) is 10.5 Å². The molecule has 1 aliphatic carbocycles. The minimum atomic E-state index is -0.897. The maximum Gasteiger partial charge on any atom is 0.244 e. The molecule has 0 spiro atoms. The predicted molar refractivity (Wildman–Crippen MR) is 68.1 cm³/mol. The van der Waals surface area contributed by atoms with E-state index in [0.29, 0.717) is 19.7 Å². The van der Waals surface area contributed by atoms with E-state index in [2.05, 4.69) is 5.32 Å². The van der Waals surface area contributed by atoms with Crippen molar-refractivity contribution in [3.05, 3.63) is 0 Å². The summed E-state index contributed by atoms with van der Waals surface area (Å²) in [6.07, 6.45) is 0.899. The van der Waals surface area contributed by atoms with Crippen LogP contribution in [0.15, 0.2) is 0 Å². The van der Waals surface area contributed by atoms with Gasteiger partial charge in [-0.05, 0) is 6.42 Å². The first-order valence-electron chi connectivity index (χ1n) is 6.85. The van der Waals surface area contributed by atoms with Crippen LogP contribution in [-0.4, -0.2) is 54.6 Å². The minimum Gasteiger partial charge on any atom is -0.377 e. The number of piperazine rings is 1. The van der Waals surface area contributed by atoms with E-state index in [9.17, 15) is 9.59 Å². The Bertz CT molecular complexity index is 437. The molecule has 1 saturated carbocycles. The zero-order valence-corrected chi connectivity index (χ0v) is 11.4. The molecule has 3 N–H and O–H groups in total. The molecule has 2 saturated heterocycles. The Balaban J connectivity index is 1.84. The van der Waals surface area contributed by atoms with E-state index in [-0.39, 0.29) is 35.8 Å². The second-order valence-corrected chi connectivity index (χ2v) is 6.35. The molecule has 0 bridgehead atoms. The molecule has 3 rings (SSSR count). The molecule has 3 atom stereocenters. The van der Waals surface area contributed by atoms with Gasteiger partial charge in [-0.25, -0.2) is 0 Å². The van der Waals surface area contributed by atoms with Crippen LogP contribution in [0.25, 0.3) is 0 Å². The topological polar surface area (TPSA) is 84.7 Å². The van der Waals surface area contributed by atoms with Crippen molar-refractivity contribution < 1.29 is 14.3 Å². The number of hydrogen-bond donors (Lipinski definition) is 2. The van der Waals surface area contributed by atoms with Crippen LogP contribution >= 0.6 is 0 Å². The molecular formula is C13H21N3O3. The van der Waals surface area contributed by atoms with E-state index >= 15 is 0 Å². The van der Waals surface area contributed by atoms with Gasteiger partial charge >= 0.3 is 0 Å². The van der Waals surface area contributed by atoms with Gasteiger partial charge in [-0.1, -0.05) is 13.8 Å². The Morgan fingerprint density at radius 3 is 2.95 bits per heavy atom. The quantitative estimate of drug-likeness (QED) is 0.644. The molecule has 106 valence electrons. The van der Waals surface area contributed by atoms with Crippen molar-refractivity contribution in [3.63, 3.8) is 0 Å². The van der Waals surface area contributed by atoms with Gasteiger partial charge in [-0.15, -0.1) is 0 Å². The lowest BCUT2D eigenvalue weighted by atomic mass is 9.47. The zero-order chi connectivity index (χ0) is 13.8. The third-order valence-electron chi connectivity index (χ3n) is 5.13. The number of carbonyl (C=O) groups is 2. The maximum atomic E-state index is 12.8. The van der Waals surface area contributed by atoms with Gasteiger partial charge in [0.2, 0.25) is 11.8 Å². The molecule has 0 radical (unpaired) electrons. The van der Waals surface area contributed by atoms with E-state index in [1.165, 1.54) is 0 Å². The van der Waals surface area contributed by atoms with Crippen molar-refractivity contribution in [2.45, 2.75) is 31.9 Å². The molecule has 6 nitrogen and oxygen atoms in total. The van der Waals surface area contributed by atoms with Gasteiger partial charge in [0.1, 0.15) is 5.54 Å². The summed E-state index contributed by atoms with van der Waals surface area (Å²) in [6.45, 7) is 5.81. The highest BCUT2D eigenvalue weighted by atomic mass is 16.5. The lowest BCUT2D eigenvalue weighted by Crippen LogP contribution is -2.80. The molecule has 3 unspecified atom stereocenters. The minimum absolute atomic E-state index is 0.0695. The number of amides is 2. The number of nitrogens with one attached hydrogen (secondary N) is 1. The molecule has 2 heterocycles. The van der Waals surface area contributed by atoms with Gasteiger partial charge in [-0.2, -0.15) is 0 Å². The Hall–Kier alpha value is -1.14. The highest BCUT2D eigenvalue weighted by Crippen LogP contribution is 2.58. The fraction of sp³-hybridized carbons (Fsp3) is 0.846. The number of carbonyl (C=O) groups excluding carboxylic acids is 2. The monoisotopic (exact) mass is 267 g/mol. The first-order chi connectivity index (χ1) is 8.89. The number of nitrogens with zero attached hydrogens (tertiary/aromatic N) is 1. The van der Waals surface area contributed by atoms with Crippen molar-refractivity contribution in [1.29, 1.82) is 0 Å². The molecule has 0 aromatic heterocycles. The van der Waals surface area contributed by atoms with E-state index in [0.717, 1.165) is 6.42 Å². The fourth-order valence-electron chi connectivity index (χ4n) is 3.89. The maximum absolute atomic E-state index is 12.8. The highest BCUT2D eigenvalue weighted by Gasteiger charge is 2.72. The van der Waals surface area contributed by atoms with Gasteiger partial charge < -0.3 is 20.7 Å². The largest absolute Gasteiger partial charge is 0.377 e. The van der Waals surface area contributed by atoms with Crippen LogP contribution in [0.5, 0.6) is 0 Å². The van der Waals surface area contributed by atoms with Crippen LogP contribution in [0, 0.1) is 11.3 Å². The van der Waals surface area contributed by atoms with Crippen molar-refractivity contribution in [2.75, 3.05) is 26.2 Å². The predicted octanol–water partition coefficient (Wildman–Crippen LogP) is -0.913. The van der Waals surface area contributed by atoms with Gasteiger partial charge in [0.15, 0.2) is 0 Å². The molecular weight excluding hydrogens is 246 g/mol. The number of ether oxygens (including phenoxy) is 1. The fourth-order valence-corrected chi connectivity index (χ4v) is 3.89. The van der Waals surface area contributed by atoms with Crippen molar-refractivity contribution >= 4 is 11.8 Å². The Labute approximate surface area is 112 Å². The van der Waals surface area contributed by atoms with Crippen LogP contribution in [0.1, 0.15) is 20.3 Å². The van der Waals surface area contributed by atoms with E-state index < -0.39 is 5.54 Å². The van der Waals surface area contributed by atoms with Crippen LogP contribution < -0.4 is 11.1 Å². The third-order valence-corrected chi connectivity index (χ3v) is 5.13. The number of nitrogens with two attached hydrogens (primary N) is 1. The van der Waals surface area contributed by atoms with Gasteiger partial charge in [-0.3, -0.25) is 9.59 Å². The highest BCUT2D eigenvalue weighted by molar-refractivity contribution is 5.93. The van der Waals surface area contributed by atoms with E-state index in [1.807, 2.05) is 13.8 Å². The number of fused-ring (bicyclic) bond motifs is 1. The van der Waals surface area contributed by atoms with Gasteiger partial charge in [0.25, 0.3) is 0 Å². The average molecular weight is 267 g/mol. The smallest absolute Gasteiger partial charge is 0.244 e. The second kappa shape index (κ2) is 3.93. The average Bonchev–Trinajstić information content (AvgIpc) is 2.85. The number of hydrogen-bond acceptors (Lipinski definition) is 4. The molecule has 2 amide bonds. The summed E-state index contributed by atoms with van der Waals surface area (Å²) >= 11 is 0. The molecule has 6 heteroatoms. The van der Waals surface area contributed by atoms with Crippen LogP contribution in [0.3, 0.4) is 0 Å². The third kappa shape index (κ3) is 1.50. The van der Waals surface area contributed by atoms with Crippen molar-refractivity contribution in [1.82, 2.24) is 10.2 Å². The number of rotatable bonds is 1. The van der Waals surface area contributed by atoms with Gasteiger partial charge in [0, 0.05) is 31.0 Å². The second-order valence-electron chi connectivity index (χ2n) is 6.35. The lowest BCUT2D eigenvalue weighted by molar-refractivity contribution is -0.185. The molecule has 0 aromatic carbocycles. The summed E-state index contributed by atoms with van der Waals surface area (Å²) in [6, 6.07) is 0. The Morgan fingerprint density at radius 2 is 2.26 bits per heavy atom. The van der Waals surface area contributed by atoms with E-state index in [1.54, 1.807) is 4.90 Å². The summed E-state index contributed by atoms with van der Waals surface area (Å²) in [5.41, 5.74) is 5.21. The molecule has 3 fully saturated rings. The SMILES string of the molecule is CC1(C)C2OCCC2C1(N)C(=O)N1CCNC(=O)C1. The first kappa shape index (κ1) is 12.9. The van der Waals surface area contributed by atoms with Crippen LogP contribution in [0.2, 0.25) is 0 Å². The first-order valence-corrected chi connectivity index (χ1v) is 6.85. The van der Waals surface area contributed by atoms with Gasteiger partial charge in [0.05, 0.1) is 12.6 Å². The normalized spacial score (nSPS) is 40.4. The molecule has 3 aliphatic rings.